The minimum absolute atomic E-state index is 0. The summed E-state index contributed by atoms with van der Waals surface area (Å²) in [5.41, 5.74) is 2.39. The topological polar surface area (TPSA) is 308 Å². The van der Waals surface area contributed by atoms with Crippen molar-refractivity contribution in [1.82, 2.24) is 20.0 Å². The average Bonchev–Trinajstić information content (AvgIpc) is 4.04. The summed E-state index contributed by atoms with van der Waals surface area (Å²) < 4.78 is 43.4. The van der Waals surface area contributed by atoms with Gasteiger partial charge < -0.3 is 40.7 Å². The van der Waals surface area contributed by atoms with Crippen LogP contribution < -0.4 is 29.6 Å². The fourth-order valence-electron chi connectivity index (χ4n) is 8.90. The van der Waals surface area contributed by atoms with E-state index in [9.17, 15) is 38.6 Å². The summed E-state index contributed by atoms with van der Waals surface area (Å²) in [5.74, 6) is -0.110. The molecule has 0 unspecified atom stereocenters. The van der Waals surface area contributed by atoms with Gasteiger partial charge in [0.1, 0.15) is 11.5 Å². The molecule has 0 bridgehead atoms. The van der Waals surface area contributed by atoms with E-state index in [1.54, 1.807) is 80.7 Å². The fraction of sp³-hybridized carbons (Fsp3) is 0.370. The molecule has 0 aliphatic heterocycles. The van der Waals surface area contributed by atoms with E-state index in [0.717, 1.165) is 34.7 Å². The van der Waals surface area contributed by atoms with Crippen molar-refractivity contribution >= 4 is 55.1 Å². The summed E-state index contributed by atoms with van der Waals surface area (Å²) in [6.07, 6.45) is 7.53. The van der Waals surface area contributed by atoms with Crippen LogP contribution in [-0.4, -0.2) is 81.9 Å². The van der Waals surface area contributed by atoms with Crippen LogP contribution in [0.5, 0.6) is 11.5 Å². The number of aliphatic hydroxyl groups is 2. The predicted octanol–water partition coefficient (Wildman–Crippen LogP) is 7.69. The molecule has 4 heterocycles. The van der Waals surface area contributed by atoms with Crippen LogP contribution >= 0.6 is 0 Å². The second-order valence-electron chi connectivity index (χ2n) is 18.7. The summed E-state index contributed by atoms with van der Waals surface area (Å²) in [4.78, 5) is 25.2. The largest absolute Gasteiger partial charge is 0.618 e. The Morgan fingerprint density at radius 2 is 1.28 bits per heavy atom. The van der Waals surface area contributed by atoms with Crippen molar-refractivity contribution in [2.45, 2.75) is 121 Å². The summed E-state index contributed by atoms with van der Waals surface area (Å²) in [6.45, 7) is 5.16. The number of ether oxygens (including phenoxy) is 2. The van der Waals surface area contributed by atoms with Gasteiger partial charge in [-0.3, -0.25) is 23.6 Å². The summed E-state index contributed by atoms with van der Waals surface area (Å²) in [5, 5.41) is 80.8. The Hall–Kier alpha value is -8.15. The Morgan fingerprint density at radius 3 is 1.79 bits per heavy atom. The Balaban J connectivity index is 0.000000190. The van der Waals surface area contributed by atoms with Gasteiger partial charge in [-0.2, -0.15) is 38.6 Å². The Kier molecular flexibility index (Phi) is 18.4. The molecule has 2 aliphatic rings. The molecule has 2 saturated carbocycles. The van der Waals surface area contributed by atoms with E-state index in [1.807, 2.05) is 23.9 Å². The Morgan fingerprint density at radius 1 is 0.776 bits per heavy atom. The quantitative estimate of drug-likeness (QED) is 0.0445. The van der Waals surface area contributed by atoms with Crippen LogP contribution in [0.2, 0.25) is 0 Å². The molecule has 0 spiro atoms. The van der Waals surface area contributed by atoms with Gasteiger partial charge in [-0.15, -0.1) is 0 Å². The number of carbonyl (C=O) groups excluding carboxylic acids is 2. The highest BCUT2D eigenvalue weighted by molar-refractivity contribution is 7.86. The number of nitrogens with one attached hydrogen (secondary N) is 3. The lowest BCUT2D eigenvalue weighted by Gasteiger charge is -2.34. The Bertz CT molecular complexity index is 3390. The van der Waals surface area contributed by atoms with Gasteiger partial charge in [0.25, 0.3) is 21.5 Å². The minimum Gasteiger partial charge on any atom is -0.618 e. The number of aryl methyl sites for hydroxylation is 3. The van der Waals surface area contributed by atoms with Crippen molar-refractivity contribution in [1.29, 1.82) is 10.5 Å². The molecule has 2 aliphatic carbocycles. The number of hydrogen-bond acceptors (Lipinski definition) is 15. The highest BCUT2D eigenvalue weighted by Crippen LogP contribution is 2.39. The van der Waals surface area contributed by atoms with Crippen LogP contribution in [0.15, 0.2) is 102 Å². The lowest BCUT2D eigenvalue weighted by Crippen LogP contribution is -2.39. The highest BCUT2D eigenvalue weighted by Gasteiger charge is 2.36. The first-order valence-electron chi connectivity index (χ1n) is 24.1. The molecule has 4 aromatic heterocycles. The summed E-state index contributed by atoms with van der Waals surface area (Å²) in [6, 6.07) is 27.2. The zero-order valence-electron chi connectivity index (χ0n) is 42.1. The van der Waals surface area contributed by atoms with Crippen molar-refractivity contribution in [2.75, 3.05) is 24.9 Å². The van der Waals surface area contributed by atoms with Crippen LogP contribution in [0.3, 0.4) is 0 Å². The van der Waals surface area contributed by atoms with Crippen LogP contribution in [0, 0.1) is 53.8 Å². The molecule has 76 heavy (non-hydrogen) atoms. The highest BCUT2D eigenvalue weighted by atomic mass is 32.2. The van der Waals surface area contributed by atoms with E-state index in [2.05, 4.69) is 32.0 Å². The number of aromatic nitrogens is 6. The van der Waals surface area contributed by atoms with E-state index >= 15 is 0 Å². The Labute approximate surface area is 440 Å². The third-order valence-electron chi connectivity index (χ3n) is 13.3. The maximum Gasteiger partial charge on any atom is 0.321 e. The maximum absolute atomic E-state index is 12.7. The number of anilines is 2. The number of H-pyrrole nitrogens is 1. The number of carbonyl (C=O) groups is 2. The molecule has 22 heteroatoms. The molecule has 0 atom stereocenters. The van der Waals surface area contributed by atoms with Gasteiger partial charge in [0.2, 0.25) is 0 Å². The monoisotopic (exact) mass is 1060 g/mol. The first-order valence-corrected chi connectivity index (χ1v) is 25.5. The molecule has 2 amide bonds. The lowest BCUT2D eigenvalue weighted by atomic mass is 9.80. The normalized spacial score (nSPS) is 19.0. The molecular formula is C54H62N10O11S. The maximum atomic E-state index is 12.7. The van der Waals surface area contributed by atoms with Crippen molar-refractivity contribution in [3.8, 4) is 23.6 Å². The van der Waals surface area contributed by atoms with Crippen LogP contribution in [-0.2, 0) is 14.3 Å². The molecule has 21 nitrogen and oxygen atoms in total. The zero-order chi connectivity index (χ0) is 54.1. The SMILES string of the molecule is C.COc1cc2[nH]ncc2cc1NC(=O)c1cccc(C)[n+]1[O-].COc1cc2nn(C3CCC(O)(CC#N)CC3)cc2cc1NC(=O)c1cccc(C)[n+]1[O-].Cc1ccc(S(=O)(=O)OC2CCC(O)(CC#N)CC2)cc1. The number of methoxy groups -OCH3 is 2. The molecule has 3 aromatic carbocycles. The lowest BCUT2D eigenvalue weighted by molar-refractivity contribution is -0.614. The van der Waals surface area contributed by atoms with E-state index in [-0.39, 0.29) is 42.6 Å². The molecule has 0 saturated heterocycles. The standard InChI is InChI=1S/C23H25N5O4.C15H14N4O3.C15H19NO4S.CH4/c1-15-4-3-5-20(28(15)31)22(29)25-19-12-16-14-27(26-18(16)13-21(19)32-2)17-6-8-23(30,9-7-17)10-11-24;1-9-4-3-5-13(19(9)21)15(20)17-12-6-10-8-16-18-11(10)7-14(12)22-2;1-12-2-4-14(5-3-12)21(18,19)20-13-6-8-15(17,9-7-13)10-11-16;/h3-5,12-14,17,30H,6-10H2,1-2H3,(H,25,29);3-8H,1-2H3,(H,16,18)(H,17,20);2-5,13,17H,6-10H2,1H3;1H4. The molecule has 5 N–H and O–H groups in total. The number of rotatable bonds is 12. The second-order valence-corrected chi connectivity index (χ2v) is 20.3. The van der Waals surface area contributed by atoms with Crippen molar-refractivity contribution in [2.24, 2.45) is 0 Å². The summed E-state index contributed by atoms with van der Waals surface area (Å²) in [7, 11) is -0.760. The minimum atomic E-state index is -3.77. The second kappa shape index (κ2) is 24.5. The van der Waals surface area contributed by atoms with Crippen molar-refractivity contribution in [3.63, 3.8) is 0 Å². The first-order chi connectivity index (χ1) is 35.8. The number of pyridine rings is 2. The van der Waals surface area contributed by atoms with E-state index in [0.29, 0.717) is 87.8 Å². The number of fused-ring (bicyclic) bond motifs is 2. The predicted molar refractivity (Wildman–Crippen MR) is 281 cm³/mol. The van der Waals surface area contributed by atoms with Gasteiger partial charge in [-0.25, -0.2) is 0 Å². The fourth-order valence-corrected chi connectivity index (χ4v) is 10.0. The number of aromatic amines is 1. The summed E-state index contributed by atoms with van der Waals surface area (Å²) >= 11 is 0. The number of nitrogens with zero attached hydrogens (tertiary/aromatic N) is 7. The smallest absolute Gasteiger partial charge is 0.321 e. The van der Waals surface area contributed by atoms with Crippen LogP contribution in [0.4, 0.5) is 11.4 Å². The molecular weight excluding hydrogens is 997 g/mol. The van der Waals surface area contributed by atoms with Gasteiger partial charge in [0, 0.05) is 67.2 Å². The number of nitriles is 2. The van der Waals surface area contributed by atoms with Crippen molar-refractivity contribution in [3.05, 3.63) is 136 Å². The third kappa shape index (κ3) is 13.6. The van der Waals surface area contributed by atoms with E-state index in [1.165, 1.54) is 38.5 Å². The van der Waals surface area contributed by atoms with Gasteiger partial charge in [-0.1, -0.05) is 25.1 Å². The third-order valence-corrected chi connectivity index (χ3v) is 14.7. The molecule has 7 aromatic rings. The van der Waals surface area contributed by atoms with Gasteiger partial charge in [0.05, 0.1) is 96.0 Å². The molecule has 9 rings (SSSR count). The average molecular weight is 1060 g/mol. The van der Waals surface area contributed by atoms with Crippen LogP contribution in [0.1, 0.15) is 116 Å². The number of amides is 2. The molecule has 2 fully saturated rings. The van der Waals surface area contributed by atoms with Gasteiger partial charge in [0.15, 0.2) is 11.4 Å². The van der Waals surface area contributed by atoms with Crippen molar-refractivity contribution < 1.29 is 51.3 Å². The first kappa shape index (κ1) is 57.1. The van der Waals surface area contributed by atoms with Gasteiger partial charge in [-0.05, 0) is 94.7 Å². The zero-order valence-corrected chi connectivity index (χ0v) is 42.9. The van der Waals surface area contributed by atoms with E-state index in [4.69, 9.17) is 24.2 Å². The number of hydrogen-bond donors (Lipinski definition) is 5. The molecule has 400 valence electrons. The molecule has 0 radical (unpaired) electrons. The van der Waals surface area contributed by atoms with E-state index < -0.39 is 39.2 Å². The van der Waals surface area contributed by atoms with Crippen LogP contribution in [0.25, 0.3) is 21.8 Å². The van der Waals surface area contributed by atoms with Gasteiger partial charge >= 0.3 is 11.8 Å². The number of benzene rings is 3.